The molecule has 0 saturated carbocycles. The molecule has 6 atom stereocenters. The molecule has 0 spiro atoms. The van der Waals surface area contributed by atoms with Gasteiger partial charge >= 0.3 is 17.6 Å². The highest BCUT2D eigenvalue weighted by Gasteiger charge is 2.59. The van der Waals surface area contributed by atoms with E-state index in [0.29, 0.717) is 26.1 Å². The normalized spacial score (nSPS) is 36.5. The fourth-order valence-corrected chi connectivity index (χ4v) is 4.00. The van der Waals surface area contributed by atoms with Crippen LogP contribution in [0.15, 0.2) is 48.6 Å². The highest BCUT2D eigenvalue weighted by Crippen LogP contribution is 2.33. The summed E-state index contributed by atoms with van der Waals surface area (Å²) in [6.45, 7) is 1.34. The van der Waals surface area contributed by atoms with Crippen LogP contribution in [0.1, 0.15) is 12.8 Å². The van der Waals surface area contributed by atoms with E-state index in [1.807, 2.05) is 0 Å². The zero-order chi connectivity index (χ0) is 24.2. The summed E-state index contributed by atoms with van der Waals surface area (Å²) in [6.07, 6.45) is 6.38. The molecule has 2 aliphatic carbocycles. The van der Waals surface area contributed by atoms with Gasteiger partial charge in [0.15, 0.2) is 12.2 Å². The molecule has 0 N–H and O–H groups in total. The molecule has 0 radical (unpaired) electrons. The Hall–Kier alpha value is -3.13. The molecule has 6 unspecified atom stereocenters. The zero-order valence-corrected chi connectivity index (χ0v) is 18.1. The van der Waals surface area contributed by atoms with Crippen molar-refractivity contribution >= 4 is 6.16 Å². The molecule has 2 saturated heterocycles. The van der Waals surface area contributed by atoms with Gasteiger partial charge < -0.3 is 28.4 Å². The van der Waals surface area contributed by atoms with E-state index < -0.39 is 51.9 Å². The SMILES string of the molecule is O=C(OC1([N+](=O)[O-])C=CC=CC1OC1CCOC1)OC1([N+](=O)[O-])C=CC=CC1OC1CCOC1. The predicted molar refractivity (Wildman–Crippen MR) is 112 cm³/mol. The van der Waals surface area contributed by atoms with Gasteiger partial charge in [0.25, 0.3) is 0 Å². The zero-order valence-electron chi connectivity index (χ0n) is 18.1. The molecule has 184 valence electrons. The number of carbonyl (C=O) groups is 1. The summed E-state index contributed by atoms with van der Waals surface area (Å²) in [5.74, 6) is 0. The first kappa shape index (κ1) is 24.0. The highest BCUT2D eigenvalue weighted by atomic mass is 16.8. The lowest BCUT2D eigenvalue weighted by molar-refractivity contribution is -0.630. The van der Waals surface area contributed by atoms with Crippen molar-refractivity contribution in [3.63, 3.8) is 0 Å². The van der Waals surface area contributed by atoms with Crippen LogP contribution in [0.25, 0.3) is 0 Å². The lowest BCUT2D eigenvalue weighted by Crippen LogP contribution is -2.57. The van der Waals surface area contributed by atoms with Gasteiger partial charge in [0.05, 0.1) is 35.3 Å². The molecule has 34 heavy (non-hydrogen) atoms. The molecule has 0 aromatic heterocycles. The lowest BCUT2D eigenvalue weighted by atomic mass is 10.0. The Morgan fingerprint density at radius 3 is 1.59 bits per heavy atom. The van der Waals surface area contributed by atoms with Crippen molar-refractivity contribution in [2.45, 2.75) is 48.7 Å². The minimum absolute atomic E-state index is 0.234. The van der Waals surface area contributed by atoms with Crippen LogP contribution in [-0.2, 0) is 28.4 Å². The summed E-state index contributed by atoms with van der Waals surface area (Å²) >= 11 is 0. The molecule has 4 rings (SSSR count). The Morgan fingerprint density at radius 2 is 1.24 bits per heavy atom. The first-order chi connectivity index (χ1) is 16.4. The number of carbonyl (C=O) groups excluding carboxylic acids is 1. The largest absolute Gasteiger partial charge is 0.519 e. The lowest BCUT2D eigenvalue weighted by Gasteiger charge is -2.33. The van der Waals surface area contributed by atoms with Crippen LogP contribution in [0, 0.1) is 20.2 Å². The van der Waals surface area contributed by atoms with E-state index in [1.165, 1.54) is 36.5 Å². The average Bonchev–Trinajstić information content (AvgIpc) is 3.50. The maximum absolute atomic E-state index is 12.8. The quantitative estimate of drug-likeness (QED) is 0.215. The number of hydrogen-bond acceptors (Lipinski definition) is 11. The van der Waals surface area contributed by atoms with Gasteiger partial charge in [-0.1, -0.05) is 24.3 Å². The van der Waals surface area contributed by atoms with Gasteiger partial charge in [-0.15, -0.1) is 0 Å². The fourth-order valence-electron chi connectivity index (χ4n) is 4.00. The van der Waals surface area contributed by atoms with Crippen LogP contribution in [0.2, 0.25) is 0 Å². The molecule has 2 heterocycles. The van der Waals surface area contributed by atoms with Crippen molar-refractivity contribution in [2.75, 3.05) is 26.4 Å². The Morgan fingerprint density at radius 1 is 0.794 bits per heavy atom. The second kappa shape index (κ2) is 10.0. The van der Waals surface area contributed by atoms with Crippen LogP contribution < -0.4 is 0 Å². The summed E-state index contributed by atoms with van der Waals surface area (Å²) in [4.78, 5) is 35.3. The third kappa shape index (κ3) is 4.73. The standard InChI is InChI=1S/C21H24N2O11/c24-19(33-20(22(25)26)9-3-1-5-17(20)31-15-7-11-29-13-15)34-21(23(27)28)10-4-2-6-18(21)32-16-8-12-30-14-16/h1-6,9-10,15-18H,7-8,11-14H2. The van der Waals surface area contributed by atoms with Gasteiger partial charge in [0.2, 0.25) is 0 Å². The van der Waals surface area contributed by atoms with E-state index in [1.54, 1.807) is 0 Å². The van der Waals surface area contributed by atoms with E-state index >= 15 is 0 Å². The fraction of sp³-hybridized carbons (Fsp3) is 0.571. The Balaban J connectivity index is 1.54. The molecule has 13 nitrogen and oxygen atoms in total. The Labute approximate surface area is 193 Å². The minimum Gasteiger partial charge on any atom is -0.379 e. The van der Waals surface area contributed by atoms with Gasteiger partial charge in [0, 0.05) is 25.4 Å². The summed E-state index contributed by atoms with van der Waals surface area (Å²) in [5.41, 5.74) is -4.98. The number of allylic oxidation sites excluding steroid dienone is 4. The monoisotopic (exact) mass is 480 g/mol. The molecular weight excluding hydrogens is 456 g/mol. The number of nitrogens with zero attached hydrogens (tertiary/aromatic N) is 2. The van der Waals surface area contributed by atoms with E-state index in [2.05, 4.69) is 0 Å². The molecule has 0 bridgehead atoms. The Bertz CT molecular complexity index is 848. The molecule has 0 amide bonds. The van der Waals surface area contributed by atoms with Crippen molar-refractivity contribution < 1.29 is 43.1 Å². The van der Waals surface area contributed by atoms with Crippen LogP contribution in [0.4, 0.5) is 4.79 Å². The molecule has 2 fully saturated rings. The third-order valence-electron chi connectivity index (χ3n) is 5.80. The van der Waals surface area contributed by atoms with Crippen molar-refractivity contribution in [1.82, 2.24) is 0 Å². The number of nitro groups is 2. The van der Waals surface area contributed by atoms with E-state index in [4.69, 9.17) is 28.4 Å². The van der Waals surface area contributed by atoms with Crippen molar-refractivity contribution in [1.29, 1.82) is 0 Å². The van der Waals surface area contributed by atoms with E-state index in [0.717, 1.165) is 12.2 Å². The maximum atomic E-state index is 12.8. The van der Waals surface area contributed by atoms with Gasteiger partial charge in [-0.05, 0) is 25.0 Å². The van der Waals surface area contributed by atoms with E-state index in [-0.39, 0.29) is 13.2 Å². The topological polar surface area (TPSA) is 159 Å². The van der Waals surface area contributed by atoms with Crippen LogP contribution in [0.3, 0.4) is 0 Å². The number of rotatable bonds is 8. The Kier molecular flexibility index (Phi) is 7.07. The maximum Gasteiger partial charge on any atom is 0.519 e. The van der Waals surface area contributed by atoms with Crippen molar-refractivity contribution in [3.05, 3.63) is 68.8 Å². The first-order valence-electron chi connectivity index (χ1n) is 10.8. The average molecular weight is 480 g/mol. The van der Waals surface area contributed by atoms with Crippen LogP contribution >= 0.6 is 0 Å². The van der Waals surface area contributed by atoms with Crippen molar-refractivity contribution in [3.8, 4) is 0 Å². The van der Waals surface area contributed by atoms with Crippen LogP contribution in [-0.4, -0.2) is 78.3 Å². The molecular formula is C21H24N2O11. The van der Waals surface area contributed by atoms with Crippen molar-refractivity contribution in [2.24, 2.45) is 0 Å². The second-order valence-corrected chi connectivity index (χ2v) is 8.04. The van der Waals surface area contributed by atoms with Crippen LogP contribution in [0.5, 0.6) is 0 Å². The molecule has 4 aliphatic rings. The molecule has 0 aromatic carbocycles. The second-order valence-electron chi connectivity index (χ2n) is 8.04. The predicted octanol–water partition coefficient (Wildman–Crippen LogP) is 1.69. The highest BCUT2D eigenvalue weighted by molar-refractivity contribution is 5.62. The first-order valence-corrected chi connectivity index (χ1v) is 10.8. The molecule has 0 aromatic rings. The number of ether oxygens (including phenoxy) is 6. The number of hydrogen-bond donors (Lipinski definition) is 0. The molecule has 13 heteroatoms. The smallest absolute Gasteiger partial charge is 0.379 e. The van der Waals surface area contributed by atoms with Gasteiger partial charge in [-0.2, -0.15) is 0 Å². The van der Waals surface area contributed by atoms with Gasteiger partial charge in [-0.3, -0.25) is 20.2 Å². The third-order valence-corrected chi connectivity index (χ3v) is 5.80. The van der Waals surface area contributed by atoms with Gasteiger partial charge in [0.1, 0.15) is 0 Å². The minimum atomic E-state index is -2.49. The summed E-state index contributed by atoms with van der Waals surface area (Å²) in [7, 11) is 0. The summed E-state index contributed by atoms with van der Waals surface area (Å²) in [6, 6.07) is 0. The van der Waals surface area contributed by atoms with Gasteiger partial charge in [-0.25, -0.2) is 4.79 Å². The summed E-state index contributed by atoms with van der Waals surface area (Å²) < 4.78 is 32.3. The molecule has 2 aliphatic heterocycles. The van der Waals surface area contributed by atoms with E-state index in [9.17, 15) is 25.0 Å². The summed E-state index contributed by atoms with van der Waals surface area (Å²) in [5, 5.41) is 24.2.